The van der Waals surface area contributed by atoms with E-state index in [1.54, 1.807) is 20.8 Å². The molecule has 129 heavy (non-hydrogen) atoms. The first-order valence-corrected chi connectivity index (χ1v) is 41.0. The molecule has 0 radical (unpaired) electrons. The summed E-state index contributed by atoms with van der Waals surface area (Å²) in [6.45, 7) is 6.98. The summed E-state index contributed by atoms with van der Waals surface area (Å²) in [6.07, 6.45) is -22.2. The number of aromatic nitrogens is 2. The molecule has 0 aliphatic carbocycles. The van der Waals surface area contributed by atoms with Crippen molar-refractivity contribution in [1.82, 2.24) is 62.9 Å². The van der Waals surface area contributed by atoms with Gasteiger partial charge in [-0.15, -0.1) is 0 Å². The van der Waals surface area contributed by atoms with Gasteiger partial charge in [-0.3, -0.25) is 63.4 Å². The van der Waals surface area contributed by atoms with Gasteiger partial charge in [-0.05, 0) is 139 Å². The zero-order valence-electron chi connectivity index (χ0n) is 69.7. The molecule has 8 heterocycles. The van der Waals surface area contributed by atoms with Crippen LogP contribution in [0.2, 0.25) is 10.0 Å². The third-order valence-electron chi connectivity index (χ3n) is 21.7. The number of rotatable bonds is 22. The summed E-state index contributed by atoms with van der Waals surface area (Å²) >= 11 is 14.3. The van der Waals surface area contributed by atoms with Crippen LogP contribution in [0.5, 0.6) is 51.7 Å². The predicted octanol–water partition coefficient (Wildman–Crippen LogP) is 1.25. The van der Waals surface area contributed by atoms with E-state index in [4.69, 9.17) is 57.4 Å². The molecule has 2 saturated heterocycles. The van der Waals surface area contributed by atoms with Crippen LogP contribution in [0.15, 0.2) is 120 Å². The van der Waals surface area contributed by atoms with Crippen molar-refractivity contribution >= 4 is 88.1 Å². The minimum atomic E-state index is -3.44. The fraction of sp³-hybridized carbons (Fsp3) is 0.405. The van der Waals surface area contributed by atoms with Gasteiger partial charge in [0, 0.05) is 62.3 Å². The van der Waals surface area contributed by atoms with E-state index in [1.165, 1.54) is 61.1 Å². The van der Waals surface area contributed by atoms with Crippen molar-refractivity contribution in [3.05, 3.63) is 169 Å². The molecule has 1 unspecified atom stereocenters. The highest BCUT2D eigenvalue weighted by molar-refractivity contribution is 6.32. The van der Waals surface area contributed by atoms with E-state index in [0.717, 1.165) is 79.7 Å². The third kappa shape index (κ3) is 22.4. The van der Waals surface area contributed by atoms with Crippen molar-refractivity contribution < 1.29 is 136 Å². The van der Waals surface area contributed by atoms with Gasteiger partial charge < -0.3 is 133 Å². The number of hydrogen-bond acceptors (Lipinski definition) is 30. The van der Waals surface area contributed by atoms with E-state index in [0.29, 0.717) is 12.5 Å². The molecule has 7 aliphatic rings. The molecule has 0 saturated carbocycles. The van der Waals surface area contributed by atoms with Gasteiger partial charge in [0.05, 0.1) is 47.7 Å². The molecule has 14 rings (SSSR count). The molecule has 41 nitrogen and oxygen atoms in total. The van der Waals surface area contributed by atoms with E-state index < -0.39 is 277 Å². The largest absolute Gasteiger partial charge is 0.508 e. The number of nitrogens with two attached hydrogens (primary N) is 1. The standard InChI is InChI=1S/C84H94Cl2F2N14O27/c1-34(2)22-48(90-7)74(115)98-65-67(110)39-11-16-52(46(85)25-39)124-54-27-41-28-55(71(54)128-81-72(70(113)69(112)56(33-103)126-81)127-60-32-83(5,73(114)35(3)123-60)91-19-21-102-20-18-58(94-82(102)122)93-59(109)23-37-8-13-43(14-9-37)129-84(6,87)88)125-53-17-12-40(26-47(53)86)68(111)66-79(120)97-64(80(121)101-100-36(4)104)45-29-42(105)30-51(107)61(45)44-24-38(10-15-50(44)106)62(76(117)99-66)96-77(118)63(41)95-75(116)49(31-57(89)108)92-78(65)119/h8-18,20,24-30,34-35,48-49,56,60,62-70,72-73,81,90-91,103,105-107,110-114H,19,21-23,31-33H2,1-7H3,(H2,89,108)(H,92,119)(H,95,116)(H,96,118)(H,97,120)(H,98,115)(H,99,117)(H,100,104)(H,101,121)(H,93,94,109,122)/t35-,48+,49-,56+,60-,62+,63?,64+,65+,66-,67+,68+,69+,70-,72+,73+,81-,83-/m0/s1. The lowest BCUT2D eigenvalue weighted by atomic mass is 9.85. The highest BCUT2D eigenvalue weighted by atomic mass is 35.5. The molecular formula is C84H94Cl2F2N14O27. The summed E-state index contributed by atoms with van der Waals surface area (Å²) in [5, 5.41) is 129. The predicted molar refractivity (Wildman–Crippen MR) is 446 cm³/mol. The summed E-state index contributed by atoms with van der Waals surface area (Å²) in [6, 6.07) is 5.55. The fourth-order valence-electron chi connectivity index (χ4n) is 15.3. The number of ether oxygens (including phenoxy) is 7. The Kier molecular flexibility index (Phi) is 29.7. The minimum Gasteiger partial charge on any atom is -0.508 e. The summed E-state index contributed by atoms with van der Waals surface area (Å²) in [7, 11) is 1.46. The molecule has 11 bridgehead atoms. The summed E-state index contributed by atoms with van der Waals surface area (Å²) in [4.78, 5) is 163. The van der Waals surface area contributed by atoms with Gasteiger partial charge in [0.1, 0.15) is 107 Å². The molecule has 0 spiro atoms. The summed E-state index contributed by atoms with van der Waals surface area (Å²) < 4.78 is 71.9. The second kappa shape index (κ2) is 40.0. The number of likely N-dealkylation sites (N-methyl/N-ethyl adjacent to an activating group) is 1. The quantitative estimate of drug-likeness (QED) is 0.0425. The summed E-state index contributed by atoms with van der Waals surface area (Å²) in [5.74, 6) is -17.8. The number of aliphatic hydroxyl groups excluding tert-OH is 6. The maximum atomic E-state index is 16.3. The molecule has 7 aromatic rings. The molecule has 2 fully saturated rings. The number of halogens is 4. The number of fused-ring (bicyclic) bond motifs is 15. The maximum absolute atomic E-state index is 16.3. The maximum Gasteiger partial charge on any atom is 0.394 e. The highest BCUT2D eigenvalue weighted by Crippen LogP contribution is 2.50. The third-order valence-corrected chi connectivity index (χ3v) is 22.3. The number of hydrogen-bond donors (Lipinski definition) is 21. The number of aromatic hydroxyl groups is 3. The molecule has 6 aromatic carbocycles. The van der Waals surface area contributed by atoms with Gasteiger partial charge in [0.25, 0.3) is 5.91 Å². The van der Waals surface area contributed by atoms with E-state index in [-0.39, 0.29) is 61.0 Å². The number of nitrogens with one attached hydrogen (secondary N) is 11. The van der Waals surface area contributed by atoms with Gasteiger partial charge in [0.15, 0.2) is 23.9 Å². The van der Waals surface area contributed by atoms with Crippen molar-refractivity contribution in [3.8, 4) is 62.9 Å². The van der Waals surface area contributed by atoms with Crippen LogP contribution in [0.25, 0.3) is 11.1 Å². The second-order valence-corrected chi connectivity index (χ2v) is 32.8. The fourth-order valence-corrected chi connectivity index (χ4v) is 15.7. The number of anilines is 1. The lowest BCUT2D eigenvalue weighted by molar-refractivity contribution is -0.334. The number of carbonyl (C=O) groups is 10. The number of phenolic OH excluding ortho intramolecular Hbond substituents is 3. The van der Waals surface area contributed by atoms with Crippen molar-refractivity contribution in [2.45, 2.75) is 189 Å². The molecule has 10 amide bonds. The van der Waals surface area contributed by atoms with E-state index in [9.17, 15) is 83.5 Å². The average Bonchev–Trinajstić information content (AvgIpc) is 0.764. The van der Waals surface area contributed by atoms with Crippen LogP contribution >= 0.6 is 23.2 Å². The Balaban J connectivity index is 0.980. The number of benzene rings is 6. The Hall–Kier alpha value is -12.5. The number of hydrazine groups is 1. The van der Waals surface area contributed by atoms with Crippen molar-refractivity contribution in [3.63, 3.8) is 0 Å². The number of primary amides is 1. The van der Waals surface area contributed by atoms with Crippen LogP contribution < -0.4 is 89.1 Å². The minimum absolute atomic E-state index is 0.0816. The van der Waals surface area contributed by atoms with Gasteiger partial charge >= 0.3 is 11.8 Å². The van der Waals surface area contributed by atoms with Gasteiger partial charge in [-0.25, -0.2) is 4.79 Å². The normalized spacial score (nSPS) is 25.6. The van der Waals surface area contributed by atoms with E-state index >= 15 is 24.0 Å². The highest BCUT2D eigenvalue weighted by Gasteiger charge is 2.52. The first-order chi connectivity index (χ1) is 61.0. The van der Waals surface area contributed by atoms with Gasteiger partial charge in [0.2, 0.25) is 65.2 Å². The Morgan fingerprint density at radius 1 is 0.729 bits per heavy atom. The molecule has 7 aliphatic heterocycles. The second-order valence-electron chi connectivity index (χ2n) is 32.0. The van der Waals surface area contributed by atoms with Crippen LogP contribution in [-0.4, -0.2) is 220 Å². The zero-order chi connectivity index (χ0) is 93.7. The van der Waals surface area contributed by atoms with Crippen molar-refractivity contribution in [2.75, 3.05) is 25.5 Å². The Labute approximate surface area is 741 Å². The first kappa shape index (κ1) is 95.6. The number of nitrogens with zero attached hydrogens (tertiary/aromatic N) is 2. The van der Waals surface area contributed by atoms with Crippen LogP contribution in [0, 0.1) is 5.92 Å². The van der Waals surface area contributed by atoms with Crippen LogP contribution in [0.1, 0.15) is 125 Å². The van der Waals surface area contributed by atoms with Gasteiger partial charge in [-0.2, -0.15) is 13.8 Å². The van der Waals surface area contributed by atoms with E-state index in [2.05, 4.69) is 68.4 Å². The molecular weight excluding hydrogens is 1750 g/mol. The molecule has 690 valence electrons. The summed E-state index contributed by atoms with van der Waals surface area (Å²) in [5.41, 5.74) is 5.12. The lowest BCUT2D eigenvalue weighted by Crippen LogP contribution is -2.65. The Morgan fingerprint density at radius 3 is 1.98 bits per heavy atom. The van der Waals surface area contributed by atoms with Crippen molar-refractivity contribution in [1.29, 1.82) is 0 Å². The number of amides is 10. The smallest absolute Gasteiger partial charge is 0.394 e. The number of aliphatic hydroxyl groups is 6. The van der Waals surface area contributed by atoms with Crippen LogP contribution in [-0.2, 0) is 75.1 Å². The van der Waals surface area contributed by atoms with Crippen LogP contribution in [0.3, 0.4) is 0 Å². The molecule has 45 heteroatoms. The number of phenols is 3. The topological polar surface area (TPSA) is 611 Å². The van der Waals surface area contributed by atoms with Crippen molar-refractivity contribution in [2.24, 2.45) is 11.7 Å². The Morgan fingerprint density at radius 2 is 1.36 bits per heavy atom. The molecule has 22 N–H and O–H groups in total. The SMILES string of the molecule is CN[C@H](CC(C)C)C(=O)N[C@H]1C(=O)N[C@@H](CC(N)=O)C(=O)NC2C(=O)N[C@H]3C(=O)N[C@H](C(=O)N[C@@H](C(=O)NNC(C)=O)c4cc(O)cc(O)c4-c4cc3ccc4O)[C@H](O)c3ccc(c(Cl)c3)Oc3cc2cc(c3O[C@@H]2O[C@H](CO)[C@@H](O)[C@H](O)[C@H]2O[C@H]2C[C@](C)(NCCn3ccc(NC(=O)Cc4ccc(OC(C)(F)F)cc4)nc3=O)[C@H](O)[C@H](C)O2)Oc2ccc(cc2Cl)[C@H]1O. The number of alkyl halides is 2. The number of carbonyl (C=O) groups excluding carboxylic acids is 10. The lowest BCUT2D eigenvalue weighted by Gasteiger charge is -2.48. The van der Waals surface area contributed by atoms with E-state index in [1.807, 2.05) is 0 Å². The zero-order valence-corrected chi connectivity index (χ0v) is 71.2. The first-order valence-electron chi connectivity index (χ1n) is 40.3. The monoisotopic (exact) mass is 1840 g/mol. The van der Waals surface area contributed by atoms with Crippen LogP contribution in [0.4, 0.5) is 14.6 Å². The van der Waals surface area contributed by atoms with Gasteiger partial charge in [-0.1, -0.05) is 67.4 Å². The average molecular weight is 1840 g/mol. The molecule has 1 aromatic heterocycles. The molecule has 18 atom stereocenters. The Bertz CT molecular complexity index is 5520.